The first-order valence-corrected chi connectivity index (χ1v) is 14.9. The molecule has 2 atom stereocenters. The largest absolute Gasteiger partial charge is 0.480 e. The lowest BCUT2D eigenvalue weighted by atomic mass is 9.94. The summed E-state index contributed by atoms with van der Waals surface area (Å²) in [6, 6.07) is 15.1. The van der Waals surface area contributed by atoms with Crippen molar-refractivity contribution in [1.29, 1.82) is 0 Å². The van der Waals surface area contributed by atoms with Crippen LogP contribution in [0.1, 0.15) is 43.2 Å². The number of amides is 2. The smallest absolute Gasteiger partial charge is 0.323 e. The molecule has 2 amide bonds. The number of carboxylic acids is 2. The van der Waals surface area contributed by atoms with E-state index in [1.54, 1.807) is 24.3 Å². The van der Waals surface area contributed by atoms with E-state index >= 15 is 0 Å². The first-order chi connectivity index (χ1) is 23.0. The predicted molar refractivity (Wildman–Crippen MR) is 176 cm³/mol. The van der Waals surface area contributed by atoms with Gasteiger partial charge < -0.3 is 31.1 Å². The number of nitrogens with one attached hydrogen (secondary N) is 4. The van der Waals surface area contributed by atoms with E-state index in [4.69, 9.17) is 20.4 Å². The maximum absolute atomic E-state index is 13.0. The van der Waals surface area contributed by atoms with E-state index < -0.39 is 49.1 Å². The second-order valence-electron chi connectivity index (χ2n) is 10.9. The van der Waals surface area contributed by atoms with Gasteiger partial charge in [-0.25, -0.2) is 0 Å². The molecule has 8 N–H and O–H groups in total. The van der Waals surface area contributed by atoms with Gasteiger partial charge in [0.15, 0.2) is 0 Å². The molecule has 14 nitrogen and oxygen atoms in total. The van der Waals surface area contributed by atoms with E-state index in [1.807, 2.05) is 38.1 Å². The van der Waals surface area contributed by atoms with Crippen LogP contribution >= 0.6 is 0 Å². The number of aliphatic hydroxyl groups excluding tert-OH is 2. The summed E-state index contributed by atoms with van der Waals surface area (Å²) in [5.74, 6) is -3.21. The Kier molecular flexibility index (Phi) is 12.0. The summed E-state index contributed by atoms with van der Waals surface area (Å²) < 4.78 is 0. The lowest BCUT2D eigenvalue weighted by Crippen LogP contribution is -2.39. The number of carbonyl (C=O) groups is 4. The number of hydrogen-bond acceptors (Lipinski definition) is 10. The highest BCUT2D eigenvalue weighted by Crippen LogP contribution is 2.34. The number of pyridine rings is 2. The molecule has 0 saturated carbocycles. The molecule has 0 spiro atoms. The molecule has 0 unspecified atom stereocenters. The second kappa shape index (κ2) is 16.3. The van der Waals surface area contributed by atoms with Crippen LogP contribution in [0.5, 0.6) is 0 Å². The highest BCUT2D eigenvalue weighted by Gasteiger charge is 2.18. The second-order valence-corrected chi connectivity index (χ2v) is 10.9. The minimum Gasteiger partial charge on any atom is -0.480 e. The molecule has 0 aliphatic carbocycles. The van der Waals surface area contributed by atoms with E-state index in [0.29, 0.717) is 22.5 Å². The van der Waals surface area contributed by atoms with E-state index in [-0.39, 0.29) is 24.5 Å². The van der Waals surface area contributed by atoms with Crippen LogP contribution in [0.3, 0.4) is 0 Å². The number of benzene rings is 2. The molecule has 14 heteroatoms. The fourth-order valence-electron chi connectivity index (χ4n) is 4.77. The van der Waals surface area contributed by atoms with Crippen molar-refractivity contribution in [2.45, 2.75) is 39.0 Å². The van der Waals surface area contributed by atoms with Crippen LogP contribution in [0.25, 0.3) is 11.1 Å². The number of aliphatic carboxylic acids is 2. The topological polar surface area (TPSA) is 223 Å². The molecule has 0 bridgehead atoms. The molecule has 4 aromatic rings. The fraction of sp³-hybridized carbons (Fsp3) is 0.235. The van der Waals surface area contributed by atoms with Crippen molar-refractivity contribution in [3.63, 3.8) is 0 Å². The van der Waals surface area contributed by atoms with Gasteiger partial charge in [0.05, 0.1) is 13.2 Å². The number of carboxylic acid groups (broad SMARTS) is 2. The Labute approximate surface area is 275 Å². The zero-order valence-corrected chi connectivity index (χ0v) is 26.2. The van der Waals surface area contributed by atoms with Crippen molar-refractivity contribution in [3.05, 3.63) is 107 Å². The highest BCUT2D eigenvalue weighted by atomic mass is 16.4. The summed E-state index contributed by atoms with van der Waals surface area (Å²) in [5.41, 5.74) is 6.00. The summed E-state index contributed by atoms with van der Waals surface area (Å²) >= 11 is 0. The van der Waals surface area contributed by atoms with Gasteiger partial charge in [-0.2, -0.15) is 0 Å². The average molecular weight is 657 g/mol. The van der Waals surface area contributed by atoms with Crippen molar-refractivity contribution < 1.29 is 39.6 Å². The first-order valence-electron chi connectivity index (χ1n) is 14.9. The van der Waals surface area contributed by atoms with E-state index in [2.05, 4.69) is 31.2 Å². The molecule has 0 fully saturated rings. The van der Waals surface area contributed by atoms with Crippen molar-refractivity contribution in [2.75, 3.05) is 23.8 Å². The van der Waals surface area contributed by atoms with Crippen LogP contribution < -0.4 is 21.3 Å². The molecule has 2 aromatic carbocycles. The van der Waals surface area contributed by atoms with Gasteiger partial charge in [0, 0.05) is 36.9 Å². The van der Waals surface area contributed by atoms with E-state index in [0.717, 1.165) is 22.3 Å². The van der Waals surface area contributed by atoms with Gasteiger partial charge in [0.2, 0.25) is 0 Å². The minimum absolute atomic E-state index is 0.148. The summed E-state index contributed by atoms with van der Waals surface area (Å²) in [4.78, 5) is 56.6. The van der Waals surface area contributed by atoms with Gasteiger partial charge in [-0.1, -0.05) is 36.4 Å². The lowest BCUT2D eigenvalue weighted by Gasteiger charge is -2.17. The quantitative estimate of drug-likeness (QED) is 0.0924. The van der Waals surface area contributed by atoms with Gasteiger partial charge in [-0.3, -0.25) is 39.8 Å². The van der Waals surface area contributed by atoms with Crippen LogP contribution in [0, 0.1) is 13.8 Å². The summed E-state index contributed by atoms with van der Waals surface area (Å²) in [6.07, 6.45) is 2.92. The third-order valence-corrected chi connectivity index (χ3v) is 7.64. The molecule has 0 radical (unpaired) electrons. The van der Waals surface area contributed by atoms with Gasteiger partial charge in [-0.15, -0.1) is 0 Å². The van der Waals surface area contributed by atoms with Crippen LogP contribution in [-0.4, -0.2) is 79.4 Å². The number of carbonyl (C=O) groups excluding carboxylic acids is 2. The van der Waals surface area contributed by atoms with Gasteiger partial charge >= 0.3 is 11.9 Å². The number of nitrogens with zero attached hydrogens (tertiary/aromatic N) is 2. The molecule has 0 aliphatic rings. The number of anilines is 2. The van der Waals surface area contributed by atoms with Crippen LogP contribution in [0.2, 0.25) is 0 Å². The fourth-order valence-corrected chi connectivity index (χ4v) is 4.77. The Hall–Kier alpha value is -5.54. The summed E-state index contributed by atoms with van der Waals surface area (Å²) in [7, 11) is 0. The average Bonchev–Trinajstić information content (AvgIpc) is 3.07. The zero-order chi connectivity index (χ0) is 34.8. The summed E-state index contributed by atoms with van der Waals surface area (Å²) in [5, 5.41) is 47.6. The van der Waals surface area contributed by atoms with Crippen molar-refractivity contribution in [3.8, 4) is 11.1 Å². The Morgan fingerprint density at radius 2 is 1.02 bits per heavy atom. The third-order valence-electron chi connectivity index (χ3n) is 7.64. The van der Waals surface area contributed by atoms with Gasteiger partial charge in [0.25, 0.3) is 11.8 Å². The number of aromatic nitrogens is 2. The molecule has 2 aromatic heterocycles. The first kappa shape index (κ1) is 35.3. The third kappa shape index (κ3) is 8.83. The van der Waals surface area contributed by atoms with Crippen LogP contribution in [0.4, 0.5) is 11.4 Å². The monoisotopic (exact) mass is 656 g/mol. The Morgan fingerprint density at radius 3 is 1.33 bits per heavy atom. The number of rotatable bonds is 15. The molecular weight excluding hydrogens is 620 g/mol. The zero-order valence-electron chi connectivity index (χ0n) is 26.2. The van der Waals surface area contributed by atoms with Crippen molar-refractivity contribution in [1.82, 2.24) is 20.6 Å². The molecule has 250 valence electrons. The van der Waals surface area contributed by atoms with Crippen molar-refractivity contribution >= 4 is 35.1 Å². The molecule has 2 heterocycles. The van der Waals surface area contributed by atoms with Crippen LogP contribution in [0.15, 0.2) is 73.1 Å². The number of aliphatic hydroxyl groups is 2. The molecule has 0 aliphatic heterocycles. The standard InChI is InChI=1S/C34H36N6O8/c1-19-23(5-3-7-25(19)39-31(43)27-11-9-21(13-35-27)15-37-29(17-41)33(45)46)24-6-4-8-26(20(24)2)40-32(44)28-12-10-22(14-36-28)16-38-30(18-42)34(47)48/h3-14,29-30,37-38,41-42H,15-18H2,1-2H3,(H,39,43)(H,40,44)(H,45,46)(H,47,48)/t29-,30-/m0/s1. The Balaban J connectivity index is 1.43. The lowest BCUT2D eigenvalue weighted by molar-refractivity contribution is -0.141. The normalized spacial score (nSPS) is 12.2. The van der Waals surface area contributed by atoms with Crippen molar-refractivity contribution in [2.24, 2.45) is 0 Å². The predicted octanol–water partition coefficient (Wildman–Crippen LogP) is 2.34. The summed E-state index contributed by atoms with van der Waals surface area (Å²) in [6.45, 7) is 2.93. The minimum atomic E-state index is -1.17. The van der Waals surface area contributed by atoms with Gasteiger partial charge in [-0.05, 0) is 71.5 Å². The van der Waals surface area contributed by atoms with E-state index in [9.17, 15) is 19.2 Å². The Morgan fingerprint density at radius 1 is 0.625 bits per heavy atom. The maximum atomic E-state index is 13.0. The Bertz CT molecular complexity index is 1650. The van der Waals surface area contributed by atoms with E-state index in [1.165, 1.54) is 24.5 Å². The molecule has 4 rings (SSSR count). The SMILES string of the molecule is Cc1c(NC(=O)c2ccc(CN[C@@H](CO)C(=O)O)cn2)cccc1-c1cccc(NC(=O)c2ccc(CN[C@@H](CO)C(=O)O)cn2)c1C. The molecular formula is C34H36N6O8. The van der Waals surface area contributed by atoms with Gasteiger partial charge in [0.1, 0.15) is 23.5 Å². The highest BCUT2D eigenvalue weighted by molar-refractivity contribution is 6.05. The molecule has 0 saturated heterocycles. The van der Waals surface area contributed by atoms with Crippen LogP contribution in [-0.2, 0) is 22.7 Å². The molecule has 48 heavy (non-hydrogen) atoms. The number of hydrogen-bond donors (Lipinski definition) is 8. The maximum Gasteiger partial charge on any atom is 0.323 e.